The van der Waals surface area contributed by atoms with Crippen LogP contribution in [0.4, 0.5) is 5.13 Å². The second kappa shape index (κ2) is 7.00. The summed E-state index contributed by atoms with van der Waals surface area (Å²) < 4.78 is 0. The van der Waals surface area contributed by atoms with E-state index >= 15 is 0 Å². The predicted molar refractivity (Wildman–Crippen MR) is 87.1 cm³/mol. The SMILES string of the molecule is CSc1nc(C)c(CCC(=O)Nc2ncc(C)s2)c(C)n1. The van der Waals surface area contributed by atoms with Gasteiger partial charge in [-0.15, -0.1) is 11.3 Å². The third-order valence-corrected chi connectivity index (χ3v) is 4.43. The van der Waals surface area contributed by atoms with E-state index in [-0.39, 0.29) is 5.91 Å². The second-order valence-electron chi connectivity index (χ2n) is 4.68. The van der Waals surface area contributed by atoms with E-state index in [9.17, 15) is 4.79 Å². The van der Waals surface area contributed by atoms with Crippen molar-refractivity contribution in [2.45, 2.75) is 38.8 Å². The number of amides is 1. The molecule has 0 fully saturated rings. The van der Waals surface area contributed by atoms with Crippen LogP contribution >= 0.6 is 23.1 Å². The van der Waals surface area contributed by atoms with E-state index in [0.29, 0.717) is 18.0 Å². The molecule has 0 bridgehead atoms. The van der Waals surface area contributed by atoms with Crippen molar-refractivity contribution in [3.05, 3.63) is 28.0 Å². The fraction of sp³-hybridized carbons (Fsp3) is 0.429. The largest absolute Gasteiger partial charge is 0.302 e. The van der Waals surface area contributed by atoms with Crippen molar-refractivity contribution in [1.29, 1.82) is 0 Å². The molecule has 21 heavy (non-hydrogen) atoms. The molecule has 1 amide bonds. The number of nitrogens with zero attached hydrogens (tertiary/aromatic N) is 3. The van der Waals surface area contributed by atoms with Crippen molar-refractivity contribution in [1.82, 2.24) is 15.0 Å². The molecule has 0 unspecified atom stereocenters. The summed E-state index contributed by atoms with van der Waals surface area (Å²) in [5, 5.41) is 4.25. The average Bonchev–Trinajstić information content (AvgIpc) is 2.82. The molecule has 2 aromatic heterocycles. The smallest absolute Gasteiger partial charge is 0.226 e. The van der Waals surface area contributed by atoms with Crippen molar-refractivity contribution in [2.24, 2.45) is 0 Å². The van der Waals surface area contributed by atoms with E-state index in [4.69, 9.17) is 0 Å². The molecule has 0 aromatic carbocycles. The lowest BCUT2D eigenvalue weighted by Crippen LogP contribution is -2.13. The van der Waals surface area contributed by atoms with E-state index in [0.717, 1.165) is 27.0 Å². The van der Waals surface area contributed by atoms with E-state index in [2.05, 4.69) is 20.3 Å². The maximum Gasteiger partial charge on any atom is 0.226 e. The van der Waals surface area contributed by atoms with Gasteiger partial charge in [-0.05, 0) is 39.0 Å². The molecule has 2 heterocycles. The van der Waals surface area contributed by atoms with Crippen LogP contribution in [0.1, 0.15) is 28.2 Å². The summed E-state index contributed by atoms with van der Waals surface area (Å²) >= 11 is 3.00. The minimum atomic E-state index is -0.0305. The number of aromatic nitrogens is 3. The first-order valence-electron chi connectivity index (χ1n) is 6.60. The quantitative estimate of drug-likeness (QED) is 0.676. The molecule has 0 aliphatic rings. The highest BCUT2D eigenvalue weighted by Crippen LogP contribution is 2.19. The molecular formula is C14H18N4OS2. The third kappa shape index (κ3) is 4.25. The fourth-order valence-corrected chi connectivity index (χ4v) is 3.13. The van der Waals surface area contributed by atoms with Crippen molar-refractivity contribution in [2.75, 3.05) is 11.6 Å². The zero-order valence-corrected chi connectivity index (χ0v) is 14.2. The van der Waals surface area contributed by atoms with Crippen LogP contribution in [0.25, 0.3) is 0 Å². The summed E-state index contributed by atoms with van der Waals surface area (Å²) in [4.78, 5) is 26.0. The minimum Gasteiger partial charge on any atom is -0.302 e. The first-order valence-corrected chi connectivity index (χ1v) is 8.64. The number of thioether (sulfide) groups is 1. The monoisotopic (exact) mass is 322 g/mol. The number of anilines is 1. The molecule has 0 spiro atoms. The van der Waals surface area contributed by atoms with Gasteiger partial charge in [-0.3, -0.25) is 4.79 Å². The Balaban J connectivity index is 1.98. The lowest BCUT2D eigenvalue weighted by atomic mass is 10.1. The van der Waals surface area contributed by atoms with Crippen LogP contribution in [-0.2, 0) is 11.2 Å². The molecule has 2 rings (SSSR count). The summed E-state index contributed by atoms with van der Waals surface area (Å²) in [6, 6.07) is 0. The Bertz CT molecular complexity index is 631. The number of rotatable bonds is 5. The number of thiazole rings is 1. The van der Waals surface area contributed by atoms with Crippen molar-refractivity contribution in [3.8, 4) is 0 Å². The van der Waals surface area contributed by atoms with Crippen LogP contribution in [-0.4, -0.2) is 27.1 Å². The Morgan fingerprint density at radius 3 is 2.48 bits per heavy atom. The lowest BCUT2D eigenvalue weighted by Gasteiger charge is -2.09. The van der Waals surface area contributed by atoms with Gasteiger partial charge in [0.1, 0.15) is 0 Å². The van der Waals surface area contributed by atoms with Crippen LogP contribution in [0.3, 0.4) is 0 Å². The van der Waals surface area contributed by atoms with E-state index in [1.54, 1.807) is 6.20 Å². The first-order chi connectivity index (χ1) is 9.99. The summed E-state index contributed by atoms with van der Waals surface area (Å²) in [5.41, 5.74) is 2.95. The number of carbonyl (C=O) groups excluding carboxylic acids is 1. The number of hydrogen-bond acceptors (Lipinski definition) is 6. The molecule has 0 aliphatic carbocycles. The summed E-state index contributed by atoms with van der Waals surface area (Å²) in [5.74, 6) is -0.0305. The molecule has 7 heteroatoms. The molecule has 0 radical (unpaired) electrons. The number of carbonyl (C=O) groups is 1. The lowest BCUT2D eigenvalue weighted by molar-refractivity contribution is -0.116. The van der Waals surface area contributed by atoms with Gasteiger partial charge in [-0.25, -0.2) is 15.0 Å². The van der Waals surface area contributed by atoms with E-state index in [1.165, 1.54) is 23.1 Å². The molecule has 5 nitrogen and oxygen atoms in total. The predicted octanol–water partition coefficient (Wildman–Crippen LogP) is 3.15. The highest BCUT2D eigenvalue weighted by atomic mass is 32.2. The summed E-state index contributed by atoms with van der Waals surface area (Å²) in [7, 11) is 0. The zero-order chi connectivity index (χ0) is 15.4. The van der Waals surface area contributed by atoms with Crippen LogP contribution in [0.2, 0.25) is 0 Å². The average molecular weight is 322 g/mol. The fourth-order valence-electron chi connectivity index (χ4n) is 1.99. The van der Waals surface area contributed by atoms with Crippen LogP contribution in [0.5, 0.6) is 0 Å². The molecule has 2 aromatic rings. The third-order valence-electron chi connectivity index (χ3n) is 3.05. The normalized spacial score (nSPS) is 10.7. The van der Waals surface area contributed by atoms with Gasteiger partial charge < -0.3 is 5.32 Å². The van der Waals surface area contributed by atoms with Gasteiger partial charge in [0.2, 0.25) is 5.91 Å². The highest BCUT2D eigenvalue weighted by molar-refractivity contribution is 7.98. The van der Waals surface area contributed by atoms with Gasteiger partial charge in [-0.1, -0.05) is 11.8 Å². The Hall–Kier alpha value is -1.47. The Morgan fingerprint density at radius 1 is 1.29 bits per heavy atom. The number of hydrogen-bond donors (Lipinski definition) is 1. The second-order valence-corrected chi connectivity index (χ2v) is 6.69. The van der Waals surface area contributed by atoms with Gasteiger partial charge in [-0.2, -0.15) is 0 Å². The molecule has 0 saturated heterocycles. The molecular weight excluding hydrogens is 304 g/mol. The summed E-state index contributed by atoms with van der Waals surface area (Å²) in [6.45, 7) is 5.89. The molecule has 0 atom stereocenters. The van der Waals surface area contributed by atoms with Gasteiger partial charge in [0.25, 0.3) is 0 Å². The van der Waals surface area contributed by atoms with Crippen LogP contribution in [0.15, 0.2) is 11.4 Å². The Morgan fingerprint density at radius 2 is 1.95 bits per heavy atom. The molecule has 112 valence electrons. The van der Waals surface area contributed by atoms with E-state index in [1.807, 2.05) is 27.0 Å². The highest BCUT2D eigenvalue weighted by Gasteiger charge is 2.11. The Kier molecular flexibility index (Phi) is 5.30. The van der Waals surface area contributed by atoms with E-state index < -0.39 is 0 Å². The molecule has 0 aliphatic heterocycles. The standard InChI is InChI=1S/C14H18N4OS2/c1-8-7-15-13(21-8)18-12(19)6-5-11-9(2)16-14(20-4)17-10(11)3/h7H,5-6H2,1-4H3,(H,15,18,19). The van der Waals surface area contributed by atoms with Gasteiger partial charge in [0, 0.05) is 28.9 Å². The molecule has 0 saturated carbocycles. The van der Waals surface area contributed by atoms with Crippen LogP contribution < -0.4 is 5.32 Å². The number of nitrogens with one attached hydrogen (secondary N) is 1. The van der Waals surface area contributed by atoms with Crippen molar-refractivity contribution in [3.63, 3.8) is 0 Å². The maximum absolute atomic E-state index is 12.0. The van der Waals surface area contributed by atoms with Gasteiger partial charge >= 0.3 is 0 Å². The van der Waals surface area contributed by atoms with Gasteiger partial charge in [0.15, 0.2) is 10.3 Å². The zero-order valence-electron chi connectivity index (χ0n) is 12.6. The summed E-state index contributed by atoms with van der Waals surface area (Å²) in [6.07, 6.45) is 4.76. The minimum absolute atomic E-state index is 0.0305. The topological polar surface area (TPSA) is 67.8 Å². The maximum atomic E-state index is 12.0. The Labute approximate surface area is 132 Å². The first kappa shape index (κ1) is 15.9. The molecule has 1 N–H and O–H groups in total. The number of aryl methyl sites for hydroxylation is 3. The van der Waals surface area contributed by atoms with Gasteiger partial charge in [0.05, 0.1) is 0 Å². The van der Waals surface area contributed by atoms with Crippen LogP contribution in [0, 0.1) is 20.8 Å². The van der Waals surface area contributed by atoms with Crippen molar-refractivity contribution >= 4 is 34.1 Å². The van der Waals surface area contributed by atoms with Crippen molar-refractivity contribution < 1.29 is 4.79 Å².